The minimum absolute atomic E-state index is 0.298. The molecule has 1 aliphatic rings. The van der Waals surface area contributed by atoms with Gasteiger partial charge in [-0.05, 0) is 12.8 Å². The van der Waals surface area contributed by atoms with Gasteiger partial charge in [-0.2, -0.15) is 0 Å². The first-order chi connectivity index (χ1) is 5.24. The zero-order valence-electron chi connectivity index (χ0n) is 6.39. The molecule has 64 valence electrons. The van der Waals surface area contributed by atoms with E-state index in [2.05, 4.69) is 11.9 Å². The van der Waals surface area contributed by atoms with Gasteiger partial charge in [-0.3, -0.25) is 0 Å². The van der Waals surface area contributed by atoms with Crippen LogP contribution in [-0.4, -0.2) is 19.0 Å². The Morgan fingerprint density at radius 1 is 1.55 bits per heavy atom. The lowest BCUT2D eigenvalue weighted by atomic mass is 9.80. The van der Waals surface area contributed by atoms with Crippen LogP contribution in [0.1, 0.15) is 12.8 Å². The van der Waals surface area contributed by atoms with Crippen LogP contribution in [0, 0.1) is 5.92 Å². The van der Waals surface area contributed by atoms with Gasteiger partial charge in [0.1, 0.15) is 0 Å². The predicted molar refractivity (Wildman–Crippen MR) is 40.7 cm³/mol. The van der Waals surface area contributed by atoms with Crippen LogP contribution >= 0.6 is 0 Å². The summed E-state index contributed by atoms with van der Waals surface area (Å²) in [6.45, 7) is 4.26. The summed E-state index contributed by atoms with van der Waals surface area (Å²) < 4.78 is 23.9. The van der Waals surface area contributed by atoms with Crippen molar-refractivity contribution < 1.29 is 8.78 Å². The summed E-state index contributed by atoms with van der Waals surface area (Å²) in [5, 5.41) is 3.10. The molecule has 0 saturated heterocycles. The Kier molecular flexibility index (Phi) is 3.00. The van der Waals surface area contributed by atoms with Crippen LogP contribution in [0.15, 0.2) is 12.7 Å². The summed E-state index contributed by atoms with van der Waals surface area (Å²) in [6, 6.07) is 0.298. The van der Waals surface area contributed by atoms with E-state index in [9.17, 15) is 8.78 Å². The first kappa shape index (κ1) is 8.65. The van der Waals surface area contributed by atoms with Crippen LogP contribution in [0.3, 0.4) is 0 Å². The monoisotopic (exact) mass is 161 g/mol. The summed E-state index contributed by atoms with van der Waals surface area (Å²) in [5.41, 5.74) is 0. The Morgan fingerprint density at radius 2 is 2.18 bits per heavy atom. The normalized spacial score (nSPS) is 30.1. The lowest BCUT2D eigenvalue weighted by Gasteiger charge is -2.35. The molecule has 0 aromatic rings. The average Bonchev–Trinajstić information content (AvgIpc) is 1.84. The molecule has 0 atom stereocenters. The van der Waals surface area contributed by atoms with Crippen LogP contribution in [0.4, 0.5) is 8.78 Å². The Hall–Kier alpha value is -0.440. The third-order valence-corrected chi connectivity index (χ3v) is 2.08. The molecular weight excluding hydrogens is 148 g/mol. The van der Waals surface area contributed by atoms with E-state index in [1.54, 1.807) is 6.08 Å². The van der Waals surface area contributed by atoms with Crippen LogP contribution in [0.25, 0.3) is 0 Å². The number of nitrogens with one attached hydrogen (secondary N) is 1. The number of rotatable bonds is 4. The molecule has 3 heteroatoms. The number of alkyl halides is 2. The fraction of sp³-hybridized carbons (Fsp3) is 0.750. The summed E-state index contributed by atoms with van der Waals surface area (Å²) in [5.74, 6) is -0.364. The van der Waals surface area contributed by atoms with Crippen molar-refractivity contribution in [3.8, 4) is 0 Å². The molecule has 1 aliphatic carbocycles. The van der Waals surface area contributed by atoms with Gasteiger partial charge in [0.2, 0.25) is 6.43 Å². The Bertz CT molecular complexity index is 130. The molecule has 1 nitrogen and oxygen atoms in total. The Labute approximate surface area is 65.5 Å². The third-order valence-electron chi connectivity index (χ3n) is 2.08. The standard InChI is InChI=1S/C8H13F2N/c1-2-3-11-7-4-6(5-7)8(9)10/h2,6-8,11H,1,3-5H2. The lowest BCUT2D eigenvalue weighted by molar-refractivity contribution is 0.0168. The van der Waals surface area contributed by atoms with Crippen molar-refractivity contribution >= 4 is 0 Å². The highest BCUT2D eigenvalue weighted by atomic mass is 19.3. The van der Waals surface area contributed by atoms with Crippen molar-refractivity contribution in [2.45, 2.75) is 25.3 Å². The second-order valence-electron chi connectivity index (χ2n) is 2.96. The van der Waals surface area contributed by atoms with Crippen molar-refractivity contribution in [3.63, 3.8) is 0 Å². The molecule has 0 aliphatic heterocycles. The van der Waals surface area contributed by atoms with Crippen molar-refractivity contribution in [2.24, 2.45) is 5.92 Å². The summed E-state index contributed by atoms with van der Waals surface area (Å²) in [4.78, 5) is 0. The van der Waals surface area contributed by atoms with Crippen LogP contribution in [0.2, 0.25) is 0 Å². The quantitative estimate of drug-likeness (QED) is 0.620. The summed E-state index contributed by atoms with van der Waals surface area (Å²) in [7, 11) is 0. The minimum Gasteiger partial charge on any atom is -0.311 e. The van der Waals surface area contributed by atoms with Gasteiger partial charge in [-0.15, -0.1) is 6.58 Å². The predicted octanol–water partition coefficient (Wildman–Crippen LogP) is 1.81. The van der Waals surface area contributed by atoms with E-state index in [-0.39, 0.29) is 5.92 Å². The van der Waals surface area contributed by atoms with Crippen LogP contribution in [0.5, 0.6) is 0 Å². The molecular formula is C8H13F2N. The highest BCUT2D eigenvalue weighted by Gasteiger charge is 2.34. The third kappa shape index (κ3) is 2.26. The second-order valence-corrected chi connectivity index (χ2v) is 2.96. The first-order valence-electron chi connectivity index (χ1n) is 3.86. The molecule has 0 spiro atoms. The zero-order valence-corrected chi connectivity index (χ0v) is 6.39. The molecule has 0 bridgehead atoms. The van der Waals surface area contributed by atoms with Crippen molar-refractivity contribution in [2.75, 3.05) is 6.54 Å². The Balaban J connectivity index is 2.04. The average molecular weight is 161 g/mol. The Morgan fingerprint density at radius 3 is 2.64 bits per heavy atom. The van der Waals surface area contributed by atoms with E-state index in [0.717, 1.165) is 6.54 Å². The second kappa shape index (κ2) is 3.81. The van der Waals surface area contributed by atoms with Gasteiger partial charge in [0.15, 0.2) is 0 Å². The number of halogens is 2. The zero-order chi connectivity index (χ0) is 8.27. The van der Waals surface area contributed by atoms with Gasteiger partial charge in [-0.25, -0.2) is 8.78 Å². The maximum Gasteiger partial charge on any atom is 0.241 e. The molecule has 0 amide bonds. The van der Waals surface area contributed by atoms with Crippen molar-refractivity contribution in [1.82, 2.24) is 5.32 Å². The molecule has 1 fully saturated rings. The van der Waals surface area contributed by atoms with E-state index in [4.69, 9.17) is 0 Å². The smallest absolute Gasteiger partial charge is 0.241 e. The van der Waals surface area contributed by atoms with Gasteiger partial charge in [-0.1, -0.05) is 6.08 Å². The van der Waals surface area contributed by atoms with Gasteiger partial charge in [0.05, 0.1) is 0 Å². The molecule has 0 unspecified atom stereocenters. The largest absolute Gasteiger partial charge is 0.311 e. The molecule has 0 aromatic carbocycles. The summed E-state index contributed by atoms with van der Waals surface area (Å²) in [6.07, 6.45) is 0.851. The van der Waals surface area contributed by atoms with Gasteiger partial charge in [0.25, 0.3) is 0 Å². The van der Waals surface area contributed by atoms with E-state index < -0.39 is 6.43 Å². The van der Waals surface area contributed by atoms with E-state index >= 15 is 0 Å². The topological polar surface area (TPSA) is 12.0 Å². The minimum atomic E-state index is -2.13. The molecule has 1 saturated carbocycles. The maximum absolute atomic E-state index is 11.9. The molecule has 1 N–H and O–H groups in total. The highest BCUT2D eigenvalue weighted by Crippen LogP contribution is 2.32. The molecule has 0 radical (unpaired) electrons. The van der Waals surface area contributed by atoms with Crippen molar-refractivity contribution in [1.29, 1.82) is 0 Å². The number of hydrogen-bond donors (Lipinski definition) is 1. The van der Waals surface area contributed by atoms with E-state index in [1.165, 1.54) is 0 Å². The lowest BCUT2D eigenvalue weighted by Crippen LogP contribution is -2.43. The van der Waals surface area contributed by atoms with E-state index in [1.807, 2.05) is 0 Å². The number of hydrogen-bond acceptors (Lipinski definition) is 1. The molecule has 1 rings (SSSR count). The first-order valence-corrected chi connectivity index (χ1v) is 3.86. The van der Waals surface area contributed by atoms with Gasteiger partial charge >= 0.3 is 0 Å². The molecule has 0 heterocycles. The van der Waals surface area contributed by atoms with Crippen molar-refractivity contribution in [3.05, 3.63) is 12.7 Å². The van der Waals surface area contributed by atoms with Gasteiger partial charge in [0, 0.05) is 18.5 Å². The van der Waals surface area contributed by atoms with E-state index in [0.29, 0.717) is 18.9 Å². The highest BCUT2D eigenvalue weighted by molar-refractivity contribution is 4.88. The van der Waals surface area contributed by atoms with Crippen LogP contribution in [-0.2, 0) is 0 Å². The fourth-order valence-electron chi connectivity index (χ4n) is 1.28. The SMILES string of the molecule is C=CCNC1CC(C(F)F)C1. The maximum atomic E-state index is 11.9. The fourth-order valence-corrected chi connectivity index (χ4v) is 1.28. The molecule has 11 heavy (non-hydrogen) atoms. The summed E-state index contributed by atoms with van der Waals surface area (Å²) >= 11 is 0. The molecule has 0 aromatic heterocycles. The van der Waals surface area contributed by atoms with Crippen LogP contribution < -0.4 is 5.32 Å². The van der Waals surface area contributed by atoms with Gasteiger partial charge < -0.3 is 5.32 Å².